The first-order valence-electron chi connectivity index (χ1n) is 6.70. The van der Waals surface area contributed by atoms with Crippen LogP contribution in [-0.4, -0.2) is 31.4 Å². The zero-order valence-electron chi connectivity index (χ0n) is 11.2. The maximum absolute atomic E-state index is 9.45. The number of hydrogen-bond donors (Lipinski definition) is 2. The van der Waals surface area contributed by atoms with Crippen molar-refractivity contribution in [2.75, 3.05) is 20.3 Å². The molecule has 1 aromatic rings. The van der Waals surface area contributed by atoms with E-state index in [1.165, 1.54) is 5.56 Å². The van der Waals surface area contributed by atoms with Gasteiger partial charge in [-0.3, -0.25) is 0 Å². The number of aliphatic hydroxyl groups is 1. The third-order valence-corrected chi connectivity index (χ3v) is 3.94. The molecule has 1 heterocycles. The van der Waals surface area contributed by atoms with Crippen LogP contribution in [0.25, 0.3) is 0 Å². The highest BCUT2D eigenvalue weighted by molar-refractivity contribution is 5.27. The van der Waals surface area contributed by atoms with Gasteiger partial charge in [0, 0.05) is 19.2 Å². The molecule has 1 aliphatic rings. The smallest absolute Gasteiger partial charge is 0.118 e. The van der Waals surface area contributed by atoms with Crippen LogP contribution in [-0.2, 0) is 6.42 Å². The molecule has 3 atom stereocenters. The summed E-state index contributed by atoms with van der Waals surface area (Å²) in [4.78, 5) is 0. The number of rotatable bonds is 4. The van der Waals surface area contributed by atoms with E-state index in [9.17, 15) is 5.11 Å². The molecule has 100 valence electrons. The highest BCUT2D eigenvalue weighted by atomic mass is 16.5. The lowest BCUT2D eigenvalue weighted by atomic mass is 9.80. The van der Waals surface area contributed by atoms with Crippen molar-refractivity contribution in [2.45, 2.75) is 25.8 Å². The summed E-state index contributed by atoms with van der Waals surface area (Å²) in [5, 5.41) is 12.9. The summed E-state index contributed by atoms with van der Waals surface area (Å²) in [6.07, 6.45) is 2.18. The van der Waals surface area contributed by atoms with Crippen LogP contribution in [0.5, 0.6) is 5.75 Å². The minimum Gasteiger partial charge on any atom is -0.497 e. The van der Waals surface area contributed by atoms with Gasteiger partial charge in [0.15, 0.2) is 0 Å². The number of aliphatic hydroxyl groups excluding tert-OH is 1. The van der Waals surface area contributed by atoms with Crippen LogP contribution in [0.1, 0.15) is 18.9 Å². The minimum absolute atomic E-state index is 0.278. The Morgan fingerprint density at radius 3 is 2.61 bits per heavy atom. The summed E-state index contributed by atoms with van der Waals surface area (Å²) < 4.78 is 5.17. The number of benzene rings is 1. The molecule has 0 radical (unpaired) electrons. The summed E-state index contributed by atoms with van der Waals surface area (Å²) in [6, 6.07) is 8.82. The van der Waals surface area contributed by atoms with Gasteiger partial charge < -0.3 is 15.2 Å². The van der Waals surface area contributed by atoms with E-state index in [1.54, 1.807) is 7.11 Å². The zero-order valence-corrected chi connectivity index (χ0v) is 11.2. The van der Waals surface area contributed by atoms with Gasteiger partial charge in [-0.2, -0.15) is 0 Å². The molecule has 0 saturated carbocycles. The molecule has 1 saturated heterocycles. The predicted molar refractivity (Wildman–Crippen MR) is 72.8 cm³/mol. The van der Waals surface area contributed by atoms with Gasteiger partial charge in [-0.1, -0.05) is 12.1 Å². The van der Waals surface area contributed by atoms with E-state index in [2.05, 4.69) is 24.4 Å². The average molecular weight is 249 g/mol. The molecule has 1 aromatic carbocycles. The molecule has 0 amide bonds. The topological polar surface area (TPSA) is 41.5 Å². The fraction of sp³-hybridized carbons (Fsp3) is 0.600. The van der Waals surface area contributed by atoms with Crippen LogP contribution in [0.2, 0.25) is 0 Å². The monoisotopic (exact) mass is 249 g/mol. The summed E-state index contributed by atoms with van der Waals surface area (Å²) in [6.45, 7) is 3.42. The van der Waals surface area contributed by atoms with Crippen LogP contribution in [0.3, 0.4) is 0 Å². The van der Waals surface area contributed by atoms with Crippen molar-refractivity contribution in [3.8, 4) is 5.75 Å². The van der Waals surface area contributed by atoms with Gasteiger partial charge in [-0.25, -0.2) is 0 Å². The lowest BCUT2D eigenvalue weighted by molar-refractivity contribution is 0.129. The second-order valence-corrected chi connectivity index (χ2v) is 5.30. The third kappa shape index (κ3) is 3.24. The summed E-state index contributed by atoms with van der Waals surface area (Å²) in [5.41, 5.74) is 1.33. The van der Waals surface area contributed by atoms with E-state index in [0.717, 1.165) is 25.1 Å². The molecule has 0 aliphatic carbocycles. The average Bonchev–Trinajstić information content (AvgIpc) is 2.40. The first-order chi connectivity index (χ1) is 8.72. The molecule has 18 heavy (non-hydrogen) atoms. The second-order valence-electron chi connectivity index (χ2n) is 5.30. The van der Waals surface area contributed by atoms with E-state index in [-0.39, 0.29) is 6.61 Å². The predicted octanol–water partition coefficient (Wildman–Crippen LogP) is 1.84. The number of hydrogen-bond acceptors (Lipinski definition) is 3. The normalized spacial score (nSPS) is 28.1. The fourth-order valence-corrected chi connectivity index (χ4v) is 2.78. The quantitative estimate of drug-likeness (QED) is 0.855. The standard InChI is InChI=1S/C15H23NO2/c1-11-7-13(14(10-17)9-16-11)8-12-3-5-15(18-2)6-4-12/h3-6,11,13-14,16-17H,7-10H2,1-2H3. The summed E-state index contributed by atoms with van der Waals surface area (Å²) >= 11 is 0. The first kappa shape index (κ1) is 13.4. The molecule has 1 fully saturated rings. The van der Waals surface area contributed by atoms with E-state index in [4.69, 9.17) is 4.74 Å². The van der Waals surface area contributed by atoms with E-state index in [0.29, 0.717) is 17.9 Å². The van der Waals surface area contributed by atoms with Crippen molar-refractivity contribution in [2.24, 2.45) is 11.8 Å². The van der Waals surface area contributed by atoms with Crippen molar-refractivity contribution in [1.29, 1.82) is 0 Å². The molecule has 0 bridgehead atoms. The Labute approximate surface area is 109 Å². The highest BCUT2D eigenvalue weighted by Crippen LogP contribution is 2.26. The lowest BCUT2D eigenvalue weighted by Crippen LogP contribution is -2.44. The minimum atomic E-state index is 0.278. The Morgan fingerprint density at radius 1 is 1.28 bits per heavy atom. The Hall–Kier alpha value is -1.06. The first-order valence-corrected chi connectivity index (χ1v) is 6.70. The molecule has 3 unspecified atom stereocenters. The molecule has 0 spiro atoms. The van der Waals surface area contributed by atoms with Crippen molar-refractivity contribution in [1.82, 2.24) is 5.32 Å². The molecular weight excluding hydrogens is 226 g/mol. The second kappa shape index (κ2) is 6.21. The van der Waals surface area contributed by atoms with Gasteiger partial charge in [-0.15, -0.1) is 0 Å². The largest absolute Gasteiger partial charge is 0.497 e. The van der Waals surface area contributed by atoms with Gasteiger partial charge in [0.05, 0.1) is 7.11 Å². The summed E-state index contributed by atoms with van der Waals surface area (Å²) in [7, 11) is 1.69. The van der Waals surface area contributed by atoms with Gasteiger partial charge in [-0.05, 0) is 49.3 Å². The van der Waals surface area contributed by atoms with E-state index < -0.39 is 0 Å². The molecule has 3 heteroatoms. The number of piperidine rings is 1. The van der Waals surface area contributed by atoms with Crippen LogP contribution in [0, 0.1) is 11.8 Å². The number of nitrogens with one attached hydrogen (secondary N) is 1. The Morgan fingerprint density at radius 2 is 2.00 bits per heavy atom. The fourth-order valence-electron chi connectivity index (χ4n) is 2.78. The van der Waals surface area contributed by atoms with Crippen LogP contribution in [0.4, 0.5) is 0 Å². The Balaban J connectivity index is 2.01. The van der Waals surface area contributed by atoms with Gasteiger partial charge in [0.1, 0.15) is 5.75 Å². The van der Waals surface area contributed by atoms with Gasteiger partial charge in [0.25, 0.3) is 0 Å². The molecule has 2 N–H and O–H groups in total. The third-order valence-electron chi connectivity index (χ3n) is 3.94. The zero-order chi connectivity index (χ0) is 13.0. The van der Waals surface area contributed by atoms with Crippen LogP contribution in [0.15, 0.2) is 24.3 Å². The molecule has 2 rings (SSSR count). The number of ether oxygens (including phenoxy) is 1. The van der Waals surface area contributed by atoms with E-state index in [1.807, 2.05) is 12.1 Å². The molecule has 3 nitrogen and oxygen atoms in total. The van der Waals surface area contributed by atoms with Crippen molar-refractivity contribution in [3.63, 3.8) is 0 Å². The Bertz CT molecular complexity index is 363. The Kier molecular flexibility index (Phi) is 4.61. The SMILES string of the molecule is COc1ccc(CC2CC(C)NCC2CO)cc1. The maximum atomic E-state index is 9.45. The van der Waals surface area contributed by atoms with Crippen LogP contribution >= 0.6 is 0 Å². The molecule has 0 aromatic heterocycles. The van der Waals surface area contributed by atoms with Gasteiger partial charge >= 0.3 is 0 Å². The number of methoxy groups -OCH3 is 1. The van der Waals surface area contributed by atoms with Crippen molar-refractivity contribution >= 4 is 0 Å². The molecular formula is C15H23NO2. The van der Waals surface area contributed by atoms with Crippen molar-refractivity contribution < 1.29 is 9.84 Å². The van der Waals surface area contributed by atoms with Crippen LogP contribution < -0.4 is 10.1 Å². The van der Waals surface area contributed by atoms with Gasteiger partial charge in [0.2, 0.25) is 0 Å². The molecule has 1 aliphatic heterocycles. The van der Waals surface area contributed by atoms with E-state index >= 15 is 0 Å². The highest BCUT2D eigenvalue weighted by Gasteiger charge is 2.27. The summed E-state index contributed by atoms with van der Waals surface area (Å²) in [5.74, 6) is 1.85. The van der Waals surface area contributed by atoms with Crippen molar-refractivity contribution in [3.05, 3.63) is 29.8 Å². The lowest BCUT2D eigenvalue weighted by Gasteiger charge is -2.35. The maximum Gasteiger partial charge on any atom is 0.118 e.